The molecule has 1 aliphatic heterocycles. The zero-order valence-corrected chi connectivity index (χ0v) is 19.1. The number of ether oxygens (including phenoxy) is 1. The second-order valence-corrected chi connectivity index (χ2v) is 8.26. The molecule has 1 amide bonds. The maximum absolute atomic E-state index is 13.1. The van der Waals surface area contributed by atoms with Gasteiger partial charge in [-0.1, -0.05) is 35.5 Å². The molecular weight excluding hydrogens is 448 g/mol. The van der Waals surface area contributed by atoms with E-state index in [-0.39, 0.29) is 12.2 Å². The number of nitrogens with zero attached hydrogens (tertiary/aromatic N) is 1. The van der Waals surface area contributed by atoms with Crippen molar-refractivity contribution in [3.8, 4) is 5.75 Å². The lowest BCUT2D eigenvalue weighted by Crippen LogP contribution is -2.45. The molecular formula is C27H24N2O6. The zero-order chi connectivity index (χ0) is 24.8. The third-order valence-electron chi connectivity index (χ3n) is 5.62. The van der Waals surface area contributed by atoms with Gasteiger partial charge in [0.2, 0.25) is 5.60 Å². The fourth-order valence-corrected chi connectivity index (χ4v) is 3.69. The monoisotopic (exact) mass is 472 g/mol. The van der Waals surface area contributed by atoms with Gasteiger partial charge in [-0.05, 0) is 66.6 Å². The van der Waals surface area contributed by atoms with Crippen molar-refractivity contribution >= 4 is 29.1 Å². The second kappa shape index (κ2) is 10.2. The average molecular weight is 472 g/mol. The lowest BCUT2D eigenvalue weighted by Gasteiger charge is -2.23. The lowest BCUT2D eigenvalue weighted by molar-refractivity contribution is -0.152. The molecule has 178 valence electrons. The first-order valence-corrected chi connectivity index (χ1v) is 11.0. The van der Waals surface area contributed by atoms with Crippen LogP contribution >= 0.6 is 0 Å². The molecule has 3 aromatic rings. The largest absolute Gasteiger partial charge is 0.489 e. The molecule has 0 saturated heterocycles. The summed E-state index contributed by atoms with van der Waals surface area (Å²) >= 11 is 0. The van der Waals surface area contributed by atoms with Gasteiger partial charge in [-0.25, -0.2) is 0 Å². The minimum Gasteiger partial charge on any atom is -0.489 e. The van der Waals surface area contributed by atoms with Gasteiger partial charge in [0, 0.05) is 17.7 Å². The number of oxime groups is 1. The molecule has 1 atom stereocenters. The van der Waals surface area contributed by atoms with Crippen molar-refractivity contribution in [1.29, 1.82) is 0 Å². The number of carbonyl (C=O) groups is 3. The number of carboxylic acid groups (broad SMARTS) is 1. The molecule has 1 heterocycles. The summed E-state index contributed by atoms with van der Waals surface area (Å²) in [5.41, 5.74) is 1.43. The Balaban J connectivity index is 1.44. The molecule has 1 aliphatic rings. The summed E-state index contributed by atoms with van der Waals surface area (Å²) in [5.74, 6) is -1.25. The highest BCUT2D eigenvalue weighted by Gasteiger charge is 2.48. The number of Topliss-reactive ketones (excluding diaryl/α,β-unsaturated/α-hetero) is 1. The van der Waals surface area contributed by atoms with Crippen LogP contribution in [0.25, 0.3) is 0 Å². The maximum atomic E-state index is 13.1. The van der Waals surface area contributed by atoms with Gasteiger partial charge in [-0.15, -0.1) is 0 Å². The van der Waals surface area contributed by atoms with Crippen LogP contribution in [0.2, 0.25) is 0 Å². The number of rotatable bonds is 9. The number of carbonyl (C=O) groups excluding carboxylic acids is 2. The first-order valence-electron chi connectivity index (χ1n) is 11.0. The van der Waals surface area contributed by atoms with Crippen molar-refractivity contribution in [2.75, 3.05) is 5.32 Å². The maximum Gasteiger partial charge on any atom is 0.308 e. The smallest absolute Gasteiger partial charge is 0.308 e. The van der Waals surface area contributed by atoms with Crippen LogP contribution in [0.15, 0.2) is 84.0 Å². The van der Waals surface area contributed by atoms with Crippen molar-refractivity contribution in [3.63, 3.8) is 0 Å². The van der Waals surface area contributed by atoms with E-state index in [1.54, 1.807) is 48.5 Å². The number of hydrogen-bond donors (Lipinski definition) is 2. The SMILES string of the molecule is CC(=O)c1ccc(NC(=O)[C@@]2(CC(=O)O)CC(c3ccc(OCc4ccccc4)cc3)=NO2)cc1. The zero-order valence-electron chi connectivity index (χ0n) is 19.1. The summed E-state index contributed by atoms with van der Waals surface area (Å²) in [6.45, 7) is 1.88. The Bertz CT molecular complexity index is 1250. The van der Waals surface area contributed by atoms with Gasteiger partial charge >= 0.3 is 5.97 Å². The highest BCUT2D eigenvalue weighted by molar-refractivity contribution is 6.09. The molecule has 0 unspecified atom stereocenters. The molecule has 0 aliphatic carbocycles. The van der Waals surface area contributed by atoms with Crippen molar-refractivity contribution < 1.29 is 29.1 Å². The number of hydrogen-bond acceptors (Lipinski definition) is 6. The molecule has 0 bridgehead atoms. The number of aliphatic carboxylic acids is 1. The van der Waals surface area contributed by atoms with E-state index in [1.807, 2.05) is 30.3 Å². The summed E-state index contributed by atoms with van der Waals surface area (Å²) in [6, 6.07) is 23.3. The van der Waals surface area contributed by atoms with Crippen LogP contribution in [0.3, 0.4) is 0 Å². The quantitative estimate of drug-likeness (QED) is 0.445. The summed E-state index contributed by atoms with van der Waals surface area (Å²) in [5, 5.41) is 16.2. The molecule has 2 N–H and O–H groups in total. The fourth-order valence-electron chi connectivity index (χ4n) is 3.69. The van der Waals surface area contributed by atoms with Crippen LogP contribution in [-0.2, 0) is 21.0 Å². The number of anilines is 1. The van der Waals surface area contributed by atoms with E-state index in [0.717, 1.165) is 5.56 Å². The number of amides is 1. The fraction of sp³-hybridized carbons (Fsp3) is 0.185. The predicted octanol–water partition coefficient (Wildman–Crippen LogP) is 4.44. The van der Waals surface area contributed by atoms with Gasteiger partial charge in [0.1, 0.15) is 12.4 Å². The van der Waals surface area contributed by atoms with E-state index < -0.39 is 23.9 Å². The van der Waals surface area contributed by atoms with Crippen LogP contribution in [-0.4, -0.2) is 34.1 Å². The Hall–Kier alpha value is -4.46. The van der Waals surface area contributed by atoms with Crippen LogP contribution < -0.4 is 10.1 Å². The molecule has 4 rings (SSSR count). The van der Waals surface area contributed by atoms with E-state index in [4.69, 9.17) is 9.57 Å². The van der Waals surface area contributed by atoms with Crippen molar-refractivity contribution in [2.24, 2.45) is 5.16 Å². The Morgan fingerprint density at radius 1 is 1.00 bits per heavy atom. The van der Waals surface area contributed by atoms with Gasteiger partial charge in [0.25, 0.3) is 5.91 Å². The Kier molecular flexibility index (Phi) is 6.91. The Morgan fingerprint density at radius 2 is 1.69 bits per heavy atom. The molecule has 0 fully saturated rings. The van der Waals surface area contributed by atoms with Gasteiger partial charge in [-0.3, -0.25) is 14.4 Å². The highest BCUT2D eigenvalue weighted by atomic mass is 16.7. The van der Waals surface area contributed by atoms with Crippen LogP contribution in [0, 0.1) is 0 Å². The minimum atomic E-state index is -1.69. The normalized spacial score (nSPS) is 16.7. The average Bonchev–Trinajstić information content (AvgIpc) is 3.29. The second-order valence-electron chi connectivity index (χ2n) is 8.26. The minimum absolute atomic E-state index is 0.0130. The summed E-state index contributed by atoms with van der Waals surface area (Å²) in [7, 11) is 0. The standard InChI is InChI=1S/C27H24N2O6/c1-18(30)20-7-11-22(12-8-20)28-26(33)27(16-25(31)32)15-24(29-35-27)21-9-13-23(14-10-21)34-17-19-5-3-2-4-6-19/h2-14H,15-17H2,1H3,(H,28,33)(H,31,32)/t27-/m0/s1. The summed E-state index contributed by atoms with van der Waals surface area (Å²) in [6.07, 6.45) is -0.573. The topological polar surface area (TPSA) is 114 Å². The van der Waals surface area contributed by atoms with Crippen molar-refractivity contribution in [1.82, 2.24) is 0 Å². The van der Waals surface area contributed by atoms with E-state index in [0.29, 0.717) is 34.9 Å². The van der Waals surface area contributed by atoms with E-state index in [9.17, 15) is 19.5 Å². The molecule has 0 aromatic heterocycles. The Morgan fingerprint density at radius 3 is 2.31 bits per heavy atom. The molecule has 8 nitrogen and oxygen atoms in total. The Labute approximate surface area is 202 Å². The summed E-state index contributed by atoms with van der Waals surface area (Å²) in [4.78, 5) is 41.5. The van der Waals surface area contributed by atoms with Crippen LogP contribution in [0.4, 0.5) is 5.69 Å². The van der Waals surface area contributed by atoms with Gasteiger partial charge in [0.05, 0.1) is 12.1 Å². The molecule has 3 aromatic carbocycles. The molecule has 0 saturated carbocycles. The van der Waals surface area contributed by atoms with Gasteiger partial charge in [-0.2, -0.15) is 0 Å². The van der Waals surface area contributed by atoms with Crippen LogP contribution in [0.1, 0.15) is 41.3 Å². The molecule has 8 heteroatoms. The molecule has 0 radical (unpaired) electrons. The number of carboxylic acids is 1. The molecule has 35 heavy (non-hydrogen) atoms. The first kappa shape index (κ1) is 23.7. The third kappa shape index (κ3) is 5.73. The molecule has 0 spiro atoms. The van der Waals surface area contributed by atoms with Gasteiger partial charge < -0.3 is 20.0 Å². The van der Waals surface area contributed by atoms with Crippen molar-refractivity contribution in [3.05, 3.63) is 95.6 Å². The van der Waals surface area contributed by atoms with E-state index in [1.165, 1.54) is 6.92 Å². The number of benzene rings is 3. The summed E-state index contributed by atoms with van der Waals surface area (Å²) < 4.78 is 5.80. The number of ketones is 1. The van der Waals surface area contributed by atoms with Crippen molar-refractivity contribution in [2.45, 2.75) is 32.0 Å². The van der Waals surface area contributed by atoms with Gasteiger partial charge in [0.15, 0.2) is 5.78 Å². The third-order valence-corrected chi connectivity index (χ3v) is 5.62. The lowest BCUT2D eigenvalue weighted by atomic mass is 9.90. The first-order chi connectivity index (χ1) is 16.8. The number of nitrogens with one attached hydrogen (secondary N) is 1. The van der Waals surface area contributed by atoms with E-state index in [2.05, 4.69) is 10.5 Å². The van der Waals surface area contributed by atoms with E-state index >= 15 is 0 Å². The van der Waals surface area contributed by atoms with Crippen LogP contribution in [0.5, 0.6) is 5.75 Å². The highest BCUT2D eigenvalue weighted by Crippen LogP contribution is 2.32. The predicted molar refractivity (Wildman–Crippen MR) is 130 cm³/mol.